The van der Waals surface area contributed by atoms with Crippen LogP contribution >= 0.6 is 23.2 Å². The molecule has 0 spiro atoms. The molecule has 0 bridgehead atoms. The molecule has 0 heterocycles. The second kappa shape index (κ2) is 13.5. The van der Waals surface area contributed by atoms with Gasteiger partial charge in [0.1, 0.15) is 4.90 Å². The predicted octanol–water partition coefficient (Wildman–Crippen LogP) is 6.14. The second-order valence-electron chi connectivity index (χ2n) is 8.51. The summed E-state index contributed by atoms with van der Waals surface area (Å²) < 4.78 is 40.3. The molecule has 3 N–H and O–H groups in total. The molecule has 0 aliphatic heterocycles. The Morgan fingerprint density at radius 2 is 1.69 bits per heavy atom. The van der Waals surface area contributed by atoms with Gasteiger partial charge in [0.15, 0.2) is 17.2 Å². The number of carbonyl (C=O) groups is 2. The van der Waals surface area contributed by atoms with Gasteiger partial charge in [0.25, 0.3) is 15.9 Å². The summed E-state index contributed by atoms with van der Waals surface area (Å²) in [5.74, 6) is -0.880. The number of halogens is 2. The van der Waals surface area contributed by atoms with E-state index >= 15 is 0 Å². The molecule has 0 unspecified atom stereocenters. The van der Waals surface area contributed by atoms with Crippen molar-refractivity contribution in [2.75, 3.05) is 18.4 Å². The maximum Gasteiger partial charge on any atom is 0.307 e. The first-order valence-corrected chi connectivity index (χ1v) is 14.2. The quantitative estimate of drug-likeness (QED) is 0.202. The lowest BCUT2D eigenvalue weighted by Gasteiger charge is -2.17. The molecule has 0 saturated heterocycles. The number of unbranched alkanes of at least 4 members (excludes halogenated alkanes) is 2. The van der Waals surface area contributed by atoms with E-state index in [0.717, 1.165) is 19.3 Å². The number of hydrogen-bond acceptors (Lipinski definition) is 6. The van der Waals surface area contributed by atoms with Crippen molar-refractivity contribution in [1.82, 2.24) is 5.32 Å². The number of methoxy groups -OCH3 is 1. The highest BCUT2D eigenvalue weighted by Crippen LogP contribution is 2.38. The standard InChI is InChI=1S/C27H28Cl2N2O7S/c1-3-4-5-12-30-27(34)18-7-10-22(38-23-9-6-17(14-26(32)33)13-24(23)37-2)21(15-18)31-39(35,36)25-11-8-19(28)16-20(25)29/h6-11,13,15-16,31H,3-5,12,14H2,1-2H3,(H,30,34)(H,32,33). The summed E-state index contributed by atoms with van der Waals surface area (Å²) in [5.41, 5.74) is 0.668. The van der Waals surface area contributed by atoms with Gasteiger partial charge in [0.05, 0.1) is 24.2 Å². The highest BCUT2D eigenvalue weighted by Gasteiger charge is 2.22. The molecule has 0 aliphatic rings. The molecule has 0 saturated carbocycles. The maximum absolute atomic E-state index is 13.3. The van der Waals surface area contributed by atoms with E-state index in [4.69, 9.17) is 37.8 Å². The Morgan fingerprint density at radius 3 is 2.36 bits per heavy atom. The van der Waals surface area contributed by atoms with E-state index in [0.29, 0.717) is 12.1 Å². The van der Waals surface area contributed by atoms with E-state index in [1.165, 1.54) is 55.6 Å². The van der Waals surface area contributed by atoms with Crippen LogP contribution in [0.3, 0.4) is 0 Å². The smallest absolute Gasteiger partial charge is 0.307 e. The predicted molar refractivity (Wildman–Crippen MR) is 150 cm³/mol. The van der Waals surface area contributed by atoms with Gasteiger partial charge in [-0.1, -0.05) is 49.0 Å². The third-order valence-electron chi connectivity index (χ3n) is 5.54. The Hall–Kier alpha value is -3.47. The lowest BCUT2D eigenvalue weighted by molar-refractivity contribution is -0.136. The van der Waals surface area contributed by atoms with Gasteiger partial charge in [-0.3, -0.25) is 14.3 Å². The molecule has 0 radical (unpaired) electrons. The normalized spacial score (nSPS) is 11.1. The summed E-state index contributed by atoms with van der Waals surface area (Å²) in [6, 6.07) is 12.9. The molecule has 0 aliphatic carbocycles. The number of carboxylic acids is 1. The van der Waals surface area contributed by atoms with E-state index < -0.39 is 16.0 Å². The number of amides is 1. The van der Waals surface area contributed by atoms with Gasteiger partial charge in [0, 0.05) is 17.1 Å². The maximum atomic E-state index is 13.3. The number of nitrogens with one attached hydrogen (secondary N) is 2. The number of sulfonamides is 1. The minimum atomic E-state index is -4.23. The Kier molecular flexibility index (Phi) is 10.4. The van der Waals surface area contributed by atoms with Crippen molar-refractivity contribution in [3.63, 3.8) is 0 Å². The Labute approximate surface area is 237 Å². The molecule has 12 heteroatoms. The zero-order valence-corrected chi connectivity index (χ0v) is 23.6. The Bertz CT molecular complexity index is 1460. The first kappa shape index (κ1) is 30.1. The van der Waals surface area contributed by atoms with Crippen molar-refractivity contribution in [2.45, 2.75) is 37.5 Å². The van der Waals surface area contributed by atoms with Crippen LogP contribution in [0.25, 0.3) is 0 Å². The van der Waals surface area contributed by atoms with Crippen LogP contribution in [-0.4, -0.2) is 39.1 Å². The molecule has 3 rings (SSSR count). The molecule has 0 aromatic heterocycles. The zero-order chi connectivity index (χ0) is 28.6. The van der Waals surface area contributed by atoms with Crippen molar-refractivity contribution in [1.29, 1.82) is 0 Å². The molecule has 1 amide bonds. The van der Waals surface area contributed by atoms with Crippen LogP contribution in [0.5, 0.6) is 17.2 Å². The number of rotatable bonds is 13. The molecular weight excluding hydrogens is 567 g/mol. The van der Waals surface area contributed by atoms with Crippen LogP contribution in [0.15, 0.2) is 59.5 Å². The average molecular weight is 596 g/mol. The van der Waals surface area contributed by atoms with Crippen LogP contribution in [-0.2, 0) is 21.2 Å². The van der Waals surface area contributed by atoms with Crippen molar-refractivity contribution < 1.29 is 32.6 Å². The third-order valence-corrected chi connectivity index (χ3v) is 7.62. The minimum absolute atomic E-state index is 0.0288. The minimum Gasteiger partial charge on any atom is -0.493 e. The van der Waals surface area contributed by atoms with Crippen molar-refractivity contribution in [3.8, 4) is 17.2 Å². The third kappa shape index (κ3) is 8.26. The zero-order valence-electron chi connectivity index (χ0n) is 21.3. The summed E-state index contributed by atoms with van der Waals surface area (Å²) in [5, 5.41) is 12.1. The van der Waals surface area contributed by atoms with Gasteiger partial charge in [-0.05, 0) is 60.5 Å². The molecule has 3 aromatic carbocycles. The van der Waals surface area contributed by atoms with Gasteiger partial charge >= 0.3 is 5.97 Å². The molecule has 0 atom stereocenters. The van der Waals surface area contributed by atoms with E-state index in [9.17, 15) is 18.0 Å². The summed E-state index contributed by atoms with van der Waals surface area (Å²) in [6.45, 7) is 2.53. The fourth-order valence-electron chi connectivity index (χ4n) is 3.61. The number of aliphatic carboxylic acids is 1. The molecular formula is C27H28Cl2N2O7S. The summed E-state index contributed by atoms with van der Waals surface area (Å²) >= 11 is 12.1. The molecule has 0 fully saturated rings. The average Bonchev–Trinajstić information content (AvgIpc) is 2.87. The molecule has 208 valence electrons. The Morgan fingerprint density at radius 1 is 0.949 bits per heavy atom. The second-order valence-corrected chi connectivity index (χ2v) is 11.0. The van der Waals surface area contributed by atoms with E-state index in [1.807, 2.05) is 0 Å². The van der Waals surface area contributed by atoms with E-state index in [-0.39, 0.29) is 55.8 Å². The van der Waals surface area contributed by atoms with Gasteiger partial charge in [-0.2, -0.15) is 0 Å². The highest BCUT2D eigenvalue weighted by atomic mass is 35.5. The van der Waals surface area contributed by atoms with Crippen LogP contribution in [0.2, 0.25) is 10.0 Å². The first-order valence-electron chi connectivity index (χ1n) is 12.0. The monoisotopic (exact) mass is 594 g/mol. The van der Waals surface area contributed by atoms with Gasteiger partial charge in [-0.15, -0.1) is 0 Å². The van der Waals surface area contributed by atoms with E-state index in [2.05, 4.69) is 17.0 Å². The lowest BCUT2D eigenvalue weighted by Crippen LogP contribution is -2.24. The fourth-order valence-corrected chi connectivity index (χ4v) is 5.45. The largest absolute Gasteiger partial charge is 0.493 e. The van der Waals surface area contributed by atoms with Crippen LogP contribution < -0.4 is 19.5 Å². The van der Waals surface area contributed by atoms with Crippen molar-refractivity contribution in [2.24, 2.45) is 0 Å². The van der Waals surface area contributed by atoms with Gasteiger partial charge in [-0.25, -0.2) is 8.42 Å². The number of carbonyl (C=O) groups excluding carboxylic acids is 1. The summed E-state index contributed by atoms with van der Waals surface area (Å²) in [4.78, 5) is 23.6. The lowest BCUT2D eigenvalue weighted by atomic mass is 10.1. The first-order chi connectivity index (χ1) is 18.5. The van der Waals surface area contributed by atoms with Crippen LogP contribution in [0.4, 0.5) is 5.69 Å². The number of benzene rings is 3. The SMILES string of the molecule is CCCCCNC(=O)c1ccc(Oc2ccc(CC(=O)O)cc2OC)c(NS(=O)(=O)c2ccc(Cl)cc2Cl)c1. The van der Waals surface area contributed by atoms with Crippen molar-refractivity contribution >= 4 is 50.8 Å². The number of ether oxygens (including phenoxy) is 2. The van der Waals surface area contributed by atoms with Gasteiger partial charge in [0.2, 0.25) is 0 Å². The number of carboxylic acid groups (broad SMARTS) is 1. The molecule has 3 aromatic rings. The number of hydrogen-bond donors (Lipinski definition) is 3. The molecule has 39 heavy (non-hydrogen) atoms. The van der Waals surface area contributed by atoms with Crippen molar-refractivity contribution in [3.05, 3.63) is 75.8 Å². The van der Waals surface area contributed by atoms with Gasteiger partial charge < -0.3 is 19.9 Å². The summed E-state index contributed by atoms with van der Waals surface area (Å²) in [6.07, 6.45) is 2.57. The molecule has 9 nitrogen and oxygen atoms in total. The fraction of sp³-hybridized carbons (Fsp3) is 0.259. The summed E-state index contributed by atoms with van der Waals surface area (Å²) in [7, 11) is -2.83. The van der Waals surface area contributed by atoms with E-state index in [1.54, 1.807) is 6.07 Å². The Balaban J connectivity index is 2.00. The topological polar surface area (TPSA) is 131 Å². The number of anilines is 1. The highest BCUT2D eigenvalue weighted by molar-refractivity contribution is 7.92. The van der Waals surface area contributed by atoms with Crippen LogP contribution in [0, 0.1) is 0 Å². The van der Waals surface area contributed by atoms with Crippen LogP contribution in [0.1, 0.15) is 42.1 Å².